The first-order chi connectivity index (χ1) is 33.4. The van der Waals surface area contributed by atoms with E-state index in [0.717, 1.165) is 66.8 Å². The zero-order valence-electron chi connectivity index (χ0n) is 51.8. The minimum absolute atomic E-state index is 0.521. The van der Waals surface area contributed by atoms with Crippen molar-refractivity contribution in [2.75, 3.05) is 0 Å². The minimum atomic E-state index is -3.33. The average Bonchev–Trinajstić information content (AvgIpc) is 3.19. The summed E-state index contributed by atoms with van der Waals surface area (Å²) in [7, 11) is -6.66. The van der Waals surface area contributed by atoms with Gasteiger partial charge in [0.2, 0.25) is 0 Å². The van der Waals surface area contributed by atoms with Crippen molar-refractivity contribution in [1.29, 1.82) is 0 Å². The molecule has 4 atom stereocenters. The number of rotatable bonds is 12. The monoisotopic (exact) mass is 1070 g/mol. The Hall–Kier alpha value is -2.58. The molecule has 0 aromatic heterocycles. The lowest BCUT2D eigenvalue weighted by atomic mass is 9.54. The summed E-state index contributed by atoms with van der Waals surface area (Å²) < 4.78 is 14.3. The summed E-state index contributed by atoms with van der Waals surface area (Å²) in [6, 6.07) is 16.9. The molecule has 4 rings (SSSR count). The van der Waals surface area contributed by atoms with Crippen LogP contribution < -0.4 is 0 Å². The molecule has 0 aliphatic rings. The van der Waals surface area contributed by atoms with Crippen molar-refractivity contribution in [3.05, 3.63) is 138 Å². The number of benzene rings is 4. The smallest absolute Gasteiger partial charge is 0.327 e. The molecule has 0 heterocycles. The summed E-state index contributed by atoms with van der Waals surface area (Å²) in [5.41, 5.74) is 4.98. The Morgan fingerprint density at radius 1 is 0.293 bits per heavy atom. The Morgan fingerprint density at radius 3 is 0.573 bits per heavy atom. The summed E-state index contributed by atoms with van der Waals surface area (Å²) >= 11 is 0. The van der Waals surface area contributed by atoms with Crippen molar-refractivity contribution < 1.29 is 38.8 Å². The molecule has 8 nitrogen and oxygen atoms in total. The molecule has 0 saturated carbocycles. The largest absolute Gasteiger partial charge is 0.387 e. The van der Waals surface area contributed by atoms with Crippen molar-refractivity contribution >= 4 is 17.2 Å². The molecule has 10 heteroatoms. The van der Waals surface area contributed by atoms with E-state index in [2.05, 4.69) is 242 Å². The van der Waals surface area contributed by atoms with Gasteiger partial charge in [0.05, 0.1) is 17.6 Å². The molecule has 0 radical (unpaired) electrons. The second-order valence-electron chi connectivity index (χ2n) is 30.4. The van der Waals surface area contributed by atoms with Crippen LogP contribution in [-0.2, 0) is 52.4 Å². The van der Waals surface area contributed by atoms with Gasteiger partial charge in [-0.3, -0.25) is 0 Å². The van der Waals surface area contributed by atoms with Gasteiger partial charge in [-0.1, -0.05) is 237 Å². The summed E-state index contributed by atoms with van der Waals surface area (Å²) in [5.74, 6) is 0. The van der Waals surface area contributed by atoms with Gasteiger partial charge in [-0.05, 0) is 138 Å². The standard InChI is InChI=1S/C65H102O8P2/c1-37-29-41(57(5,6)7)49(42(30-37)58(8,9)10)53(66)65(54(67)50-43(59(11,12)13)31-38(2)32-44(50)60(14,15)16,55(72-74(68)69)51-45(61(17,18)19)33-39(3)34-46(51)62(20,21)22)56(73-75(70)71)52-47(63(23,24)25)35-40(4)36-48(52)64(26,27)28/h29-36,53-56,66-71H,1-28H3. The predicted octanol–water partition coefficient (Wildman–Crippen LogP) is 17.0. The summed E-state index contributed by atoms with van der Waals surface area (Å²) in [4.78, 5) is 48.2. The molecule has 0 spiro atoms. The number of hydrogen-bond donors (Lipinski definition) is 6. The first-order valence-electron chi connectivity index (χ1n) is 27.1. The summed E-state index contributed by atoms with van der Waals surface area (Å²) in [6.45, 7) is 58.9. The van der Waals surface area contributed by atoms with Crippen LogP contribution in [0.2, 0.25) is 0 Å². The van der Waals surface area contributed by atoms with Crippen LogP contribution in [0.25, 0.3) is 0 Å². The van der Waals surface area contributed by atoms with Crippen LogP contribution in [-0.4, -0.2) is 29.8 Å². The van der Waals surface area contributed by atoms with Gasteiger partial charge in [-0.15, -0.1) is 0 Å². The second kappa shape index (κ2) is 21.8. The Kier molecular flexibility index (Phi) is 18.9. The van der Waals surface area contributed by atoms with E-state index in [0.29, 0.717) is 22.3 Å². The highest BCUT2D eigenvalue weighted by molar-refractivity contribution is 7.39. The molecule has 420 valence electrons. The molecular weight excluding hydrogens is 971 g/mol. The topological polar surface area (TPSA) is 140 Å². The SMILES string of the molecule is Cc1cc(C(C)(C)C)c(C(O)C(C(O)c2c(C(C)(C)C)cc(C)cc2C(C)(C)C)(C(OP(O)O)c2c(C(C)(C)C)cc(C)cc2C(C)(C)C)C(OP(O)O)c2c(C(C)(C)C)cc(C)cc2C(C)(C)C)c(C(C)(C)C)c1. The van der Waals surface area contributed by atoms with Crippen LogP contribution in [0.3, 0.4) is 0 Å². The molecule has 4 unspecified atom stereocenters. The van der Waals surface area contributed by atoms with Gasteiger partial charge >= 0.3 is 17.2 Å². The molecule has 4 aromatic carbocycles. The number of aryl methyl sites for hydroxylation is 4. The van der Waals surface area contributed by atoms with Gasteiger partial charge in [0.1, 0.15) is 12.2 Å². The maximum atomic E-state index is 15.4. The van der Waals surface area contributed by atoms with Gasteiger partial charge in [-0.2, -0.15) is 0 Å². The van der Waals surface area contributed by atoms with Gasteiger partial charge in [0.15, 0.2) is 0 Å². The van der Waals surface area contributed by atoms with Crippen LogP contribution in [0.1, 0.15) is 280 Å². The Bertz CT molecular complexity index is 2350. The first kappa shape index (κ1) is 64.9. The highest BCUT2D eigenvalue weighted by Crippen LogP contribution is 2.70. The molecule has 0 saturated heterocycles. The number of hydrogen-bond acceptors (Lipinski definition) is 8. The molecule has 75 heavy (non-hydrogen) atoms. The lowest BCUT2D eigenvalue weighted by Crippen LogP contribution is -2.51. The fraction of sp³-hybridized carbons (Fsp3) is 0.631. The molecule has 4 aromatic rings. The van der Waals surface area contributed by atoms with Crippen LogP contribution in [0.5, 0.6) is 0 Å². The molecule has 0 aliphatic heterocycles. The van der Waals surface area contributed by atoms with Crippen molar-refractivity contribution in [3.63, 3.8) is 0 Å². The van der Waals surface area contributed by atoms with Gasteiger partial charge in [0.25, 0.3) is 0 Å². The Labute approximate surface area is 458 Å². The maximum absolute atomic E-state index is 15.4. The third-order valence-electron chi connectivity index (χ3n) is 15.1. The minimum Gasteiger partial charge on any atom is -0.387 e. The second-order valence-corrected chi connectivity index (χ2v) is 31.8. The zero-order valence-corrected chi connectivity index (χ0v) is 53.6. The highest BCUT2D eigenvalue weighted by Gasteiger charge is 2.64. The van der Waals surface area contributed by atoms with E-state index in [1.54, 1.807) is 0 Å². The van der Waals surface area contributed by atoms with Gasteiger partial charge < -0.3 is 38.8 Å². The van der Waals surface area contributed by atoms with E-state index >= 15 is 10.2 Å². The highest BCUT2D eigenvalue weighted by atomic mass is 31.2. The van der Waals surface area contributed by atoms with Gasteiger partial charge in [-0.25, -0.2) is 0 Å². The molecule has 0 fully saturated rings. The zero-order chi connectivity index (χ0) is 58.3. The van der Waals surface area contributed by atoms with Crippen LogP contribution in [0, 0.1) is 33.1 Å². The van der Waals surface area contributed by atoms with Crippen molar-refractivity contribution in [2.45, 2.75) is 262 Å². The van der Waals surface area contributed by atoms with Gasteiger partial charge in [0, 0.05) is 0 Å². The molecule has 0 aliphatic carbocycles. The predicted molar refractivity (Wildman–Crippen MR) is 317 cm³/mol. The lowest BCUT2D eigenvalue weighted by Gasteiger charge is -2.55. The fourth-order valence-electron chi connectivity index (χ4n) is 11.6. The van der Waals surface area contributed by atoms with E-state index in [1.165, 1.54) is 0 Å². The van der Waals surface area contributed by atoms with Crippen LogP contribution in [0.4, 0.5) is 0 Å². The van der Waals surface area contributed by atoms with E-state index in [1.807, 2.05) is 0 Å². The molecule has 6 N–H and O–H groups in total. The van der Waals surface area contributed by atoms with Crippen molar-refractivity contribution in [3.8, 4) is 0 Å². The number of aliphatic hydroxyl groups excluding tert-OH is 2. The van der Waals surface area contributed by atoms with E-state index in [9.17, 15) is 19.6 Å². The van der Waals surface area contributed by atoms with Crippen LogP contribution >= 0.6 is 17.2 Å². The molecular formula is C65H102O8P2. The van der Waals surface area contributed by atoms with E-state index < -0.39 is 90.4 Å². The van der Waals surface area contributed by atoms with E-state index in [4.69, 9.17) is 9.05 Å². The van der Waals surface area contributed by atoms with Crippen molar-refractivity contribution in [2.24, 2.45) is 5.41 Å². The summed E-state index contributed by atoms with van der Waals surface area (Å²) in [6.07, 6.45) is -7.00. The number of aliphatic hydroxyl groups is 2. The normalized spacial score (nSPS) is 16.4. The third kappa shape index (κ3) is 13.9. The van der Waals surface area contributed by atoms with Crippen LogP contribution in [0.15, 0.2) is 48.5 Å². The van der Waals surface area contributed by atoms with E-state index in [-0.39, 0.29) is 0 Å². The fourth-order valence-corrected chi connectivity index (χ4v) is 12.6. The Balaban J connectivity index is 2.90. The maximum Gasteiger partial charge on any atom is 0.327 e. The average molecular weight is 1070 g/mol. The summed E-state index contributed by atoms with van der Waals surface area (Å²) in [5, 5.41) is 30.8. The Morgan fingerprint density at radius 2 is 0.440 bits per heavy atom. The quantitative estimate of drug-likeness (QED) is 0.0771. The lowest BCUT2D eigenvalue weighted by molar-refractivity contribution is -0.195. The third-order valence-corrected chi connectivity index (χ3v) is 15.9. The molecule has 0 amide bonds. The van der Waals surface area contributed by atoms with Crippen molar-refractivity contribution in [1.82, 2.24) is 0 Å². The molecule has 0 bridgehead atoms. The first-order valence-corrected chi connectivity index (χ1v) is 29.4.